The minimum Gasteiger partial charge on any atom is -0.481 e. The second-order valence-corrected chi connectivity index (χ2v) is 11.5. The van der Waals surface area contributed by atoms with E-state index < -0.39 is 24.1 Å². The Bertz CT molecular complexity index is 671. The molecule has 274 valence electrons. The summed E-state index contributed by atoms with van der Waals surface area (Å²) in [6.07, 6.45) is 13.9. The molecule has 0 radical (unpaired) electrons. The van der Waals surface area contributed by atoms with Crippen LogP contribution >= 0.6 is 0 Å². The average molecular weight is 667 g/mol. The van der Waals surface area contributed by atoms with Crippen molar-refractivity contribution in [2.45, 2.75) is 155 Å². The number of rotatable bonds is 27. The van der Waals surface area contributed by atoms with Gasteiger partial charge in [0.1, 0.15) is 25.4 Å². The predicted molar refractivity (Wildman–Crippen MR) is 176 cm³/mol. The van der Waals surface area contributed by atoms with Crippen LogP contribution in [0.3, 0.4) is 0 Å². The molecule has 0 aromatic heterocycles. The Balaban J connectivity index is -0.000000603. The number of carbonyl (C=O) groups excluding carboxylic acids is 2. The standard InChI is InChI=1S/C12H22O4.2C11H22O4/c13-11(14)9-7-5-3-1-2-4-6-8-10-12(15)16;2*1-3-5-6-9(4-2)11(14)15-8-10(13)7-12/h1-10H2,(H,13,14)(H,15,16);2*9-10,12-13H,3-8H2,1-2H3. The summed E-state index contributed by atoms with van der Waals surface area (Å²) in [5.74, 6) is -2.11. The minimum atomic E-state index is -0.961. The Morgan fingerprint density at radius 3 is 1.07 bits per heavy atom. The van der Waals surface area contributed by atoms with Gasteiger partial charge in [-0.1, -0.05) is 91.9 Å². The van der Waals surface area contributed by atoms with Crippen molar-refractivity contribution < 1.29 is 59.3 Å². The summed E-state index contributed by atoms with van der Waals surface area (Å²) in [6.45, 7) is 7.07. The number of esters is 2. The summed E-state index contributed by atoms with van der Waals surface area (Å²) >= 11 is 0. The number of unbranched alkanes of at least 4 members (excludes halogenated alkanes) is 9. The van der Waals surface area contributed by atoms with E-state index >= 15 is 0 Å². The Morgan fingerprint density at radius 2 is 0.826 bits per heavy atom. The molecule has 0 amide bonds. The van der Waals surface area contributed by atoms with Gasteiger partial charge in [0.05, 0.1) is 25.0 Å². The van der Waals surface area contributed by atoms with Gasteiger partial charge in [-0.05, 0) is 38.5 Å². The summed E-state index contributed by atoms with van der Waals surface area (Å²) < 4.78 is 9.79. The number of carbonyl (C=O) groups is 4. The molecule has 0 saturated heterocycles. The molecule has 46 heavy (non-hydrogen) atoms. The molecule has 0 aliphatic heterocycles. The summed E-state index contributed by atoms with van der Waals surface area (Å²) in [5, 5.41) is 51.9. The van der Waals surface area contributed by atoms with Crippen molar-refractivity contribution in [1.82, 2.24) is 0 Å². The highest BCUT2D eigenvalue weighted by Gasteiger charge is 2.19. The third-order valence-corrected chi connectivity index (χ3v) is 7.25. The van der Waals surface area contributed by atoms with Crippen molar-refractivity contribution in [3.8, 4) is 0 Å². The van der Waals surface area contributed by atoms with Crippen LogP contribution in [0.15, 0.2) is 0 Å². The smallest absolute Gasteiger partial charge is 0.309 e. The molecule has 6 N–H and O–H groups in total. The molecule has 12 nitrogen and oxygen atoms in total. The summed E-state index contributed by atoms with van der Waals surface area (Å²) in [5.41, 5.74) is 0. The SMILES string of the molecule is CCCCC(CC)C(=O)OCC(O)CO.CCCCC(CC)C(=O)OCC(O)CO.O=C(O)CCCCCCCCCCC(=O)O. The molecule has 0 bridgehead atoms. The van der Waals surface area contributed by atoms with Gasteiger partial charge in [0.15, 0.2) is 0 Å². The third-order valence-electron chi connectivity index (χ3n) is 7.25. The lowest BCUT2D eigenvalue weighted by atomic mass is 10.00. The summed E-state index contributed by atoms with van der Waals surface area (Å²) in [4.78, 5) is 43.4. The molecule has 4 atom stereocenters. The molecule has 12 heteroatoms. The van der Waals surface area contributed by atoms with E-state index in [9.17, 15) is 19.2 Å². The molecule has 0 aliphatic carbocycles. The number of ether oxygens (including phenoxy) is 2. The van der Waals surface area contributed by atoms with Crippen molar-refractivity contribution in [1.29, 1.82) is 0 Å². The number of aliphatic carboxylic acids is 2. The van der Waals surface area contributed by atoms with Gasteiger partial charge in [-0.3, -0.25) is 19.2 Å². The van der Waals surface area contributed by atoms with Gasteiger partial charge in [-0.2, -0.15) is 0 Å². The molecule has 0 saturated carbocycles. The molecule has 0 rings (SSSR count). The van der Waals surface area contributed by atoms with Gasteiger partial charge < -0.3 is 40.1 Å². The molecule has 0 aliphatic rings. The highest BCUT2D eigenvalue weighted by Crippen LogP contribution is 2.15. The van der Waals surface area contributed by atoms with Gasteiger partial charge >= 0.3 is 23.9 Å². The van der Waals surface area contributed by atoms with E-state index in [4.69, 9.17) is 40.1 Å². The molecule has 4 unspecified atom stereocenters. The van der Waals surface area contributed by atoms with E-state index in [0.717, 1.165) is 103 Å². The zero-order valence-electron chi connectivity index (χ0n) is 29.0. The first kappa shape index (κ1) is 48.1. The molecule has 0 heterocycles. The lowest BCUT2D eigenvalue weighted by molar-refractivity contribution is -0.153. The fourth-order valence-corrected chi connectivity index (χ4v) is 4.19. The van der Waals surface area contributed by atoms with Gasteiger partial charge in [-0.15, -0.1) is 0 Å². The maximum atomic E-state index is 11.5. The first-order valence-electron chi connectivity index (χ1n) is 17.3. The van der Waals surface area contributed by atoms with Crippen LogP contribution in [0.5, 0.6) is 0 Å². The predicted octanol–water partition coefficient (Wildman–Crippen LogP) is 5.26. The molecular formula is C34H66O12. The number of aliphatic hydroxyl groups excluding tert-OH is 4. The van der Waals surface area contributed by atoms with E-state index in [0.29, 0.717) is 0 Å². The third kappa shape index (κ3) is 34.6. The van der Waals surface area contributed by atoms with E-state index in [1.807, 2.05) is 13.8 Å². The van der Waals surface area contributed by atoms with Crippen LogP contribution in [-0.2, 0) is 28.7 Å². The Morgan fingerprint density at radius 1 is 0.522 bits per heavy atom. The van der Waals surface area contributed by atoms with Gasteiger partial charge in [0, 0.05) is 12.8 Å². The van der Waals surface area contributed by atoms with E-state index in [1.54, 1.807) is 0 Å². The molecule has 0 spiro atoms. The number of carboxylic acid groups (broad SMARTS) is 2. The minimum absolute atomic E-state index is 0.0733. The zero-order valence-corrected chi connectivity index (χ0v) is 29.0. The van der Waals surface area contributed by atoms with Crippen molar-refractivity contribution in [2.75, 3.05) is 26.4 Å². The highest BCUT2D eigenvalue weighted by molar-refractivity contribution is 5.72. The Labute approximate surface area is 276 Å². The fraction of sp³-hybridized carbons (Fsp3) is 0.882. The van der Waals surface area contributed by atoms with Crippen LogP contribution in [0.4, 0.5) is 0 Å². The molecule has 0 aromatic rings. The average Bonchev–Trinajstić information content (AvgIpc) is 3.04. The number of aliphatic hydroxyl groups is 4. The molecular weight excluding hydrogens is 600 g/mol. The van der Waals surface area contributed by atoms with Crippen molar-refractivity contribution in [3.05, 3.63) is 0 Å². The summed E-state index contributed by atoms with van der Waals surface area (Å²) in [6, 6.07) is 0. The second-order valence-electron chi connectivity index (χ2n) is 11.5. The maximum Gasteiger partial charge on any atom is 0.309 e. The topological polar surface area (TPSA) is 208 Å². The number of hydrogen-bond acceptors (Lipinski definition) is 10. The van der Waals surface area contributed by atoms with Crippen LogP contribution in [0.1, 0.15) is 143 Å². The largest absolute Gasteiger partial charge is 0.481 e. The molecule has 0 aromatic carbocycles. The van der Waals surface area contributed by atoms with Gasteiger partial charge in [0.25, 0.3) is 0 Å². The summed E-state index contributed by atoms with van der Waals surface area (Å²) in [7, 11) is 0. The van der Waals surface area contributed by atoms with Crippen molar-refractivity contribution >= 4 is 23.9 Å². The van der Waals surface area contributed by atoms with Crippen LogP contribution in [-0.4, -0.2) is 93.2 Å². The zero-order chi connectivity index (χ0) is 35.6. The second kappa shape index (κ2) is 35.6. The first-order valence-corrected chi connectivity index (χ1v) is 17.3. The Hall–Kier alpha value is -2.28. The lowest BCUT2D eigenvalue weighted by Crippen LogP contribution is -2.25. The quantitative estimate of drug-likeness (QED) is 0.0490. The first-order chi connectivity index (χ1) is 21.9. The Kier molecular flexibility index (Phi) is 37.2. The lowest BCUT2D eigenvalue weighted by Gasteiger charge is -2.15. The number of carboxylic acids is 2. The van der Waals surface area contributed by atoms with Gasteiger partial charge in [0.2, 0.25) is 0 Å². The van der Waals surface area contributed by atoms with Gasteiger partial charge in [-0.25, -0.2) is 0 Å². The fourth-order valence-electron chi connectivity index (χ4n) is 4.19. The molecule has 0 fully saturated rings. The van der Waals surface area contributed by atoms with E-state index in [2.05, 4.69) is 13.8 Å². The number of hydrogen-bond donors (Lipinski definition) is 6. The van der Waals surface area contributed by atoms with Crippen molar-refractivity contribution in [3.63, 3.8) is 0 Å². The van der Waals surface area contributed by atoms with Crippen LogP contribution in [0.25, 0.3) is 0 Å². The monoisotopic (exact) mass is 666 g/mol. The van der Waals surface area contributed by atoms with E-state index in [-0.39, 0.29) is 63.0 Å². The highest BCUT2D eigenvalue weighted by atomic mass is 16.5. The van der Waals surface area contributed by atoms with E-state index in [1.165, 1.54) is 0 Å². The maximum absolute atomic E-state index is 11.5. The van der Waals surface area contributed by atoms with Crippen molar-refractivity contribution in [2.24, 2.45) is 11.8 Å². The van der Waals surface area contributed by atoms with Crippen LogP contribution < -0.4 is 0 Å². The van der Waals surface area contributed by atoms with Crippen LogP contribution in [0, 0.1) is 11.8 Å². The normalized spacial score (nSPS) is 13.1. The van der Waals surface area contributed by atoms with Crippen LogP contribution in [0.2, 0.25) is 0 Å².